The number of carbonyl (C=O) groups excluding carboxylic acids is 4. The van der Waals surface area contributed by atoms with Crippen LogP contribution in [0, 0.1) is 17.8 Å². The zero-order valence-electron chi connectivity index (χ0n) is 18.3. The summed E-state index contributed by atoms with van der Waals surface area (Å²) < 4.78 is 5.36. The van der Waals surface area contributed by atoms with E-state index in [4.69, 9.17) is 10.5 Å². The van der Waals surface area contributed by atoms with Crippen molar-refractivity contribution in [3.05, 3.63) is 29.8 Å². The first-order chi connectivity index (χ1) is 14.7. The summed E-state index contributed by atoms with van der Waals surface area (Å²) in [6, 6.07) is 6.26. The Labute approximate surface area is 182 Å². The summed E-state index contributed by atoms with van der Waals surface area (Å²) >= 11 is 0. The van der Waals surface area contributed by atoms with Crippen LogP contribution in [0.3, 0.4) is 0 Å². The van der Waals surface area contributed by atoms with Crippen molar-refractivity contribution in [2.45, 2.75) is 58.6 Å². The molecule has 1 saturated heterocycles. The van der Waals surface area contributed by atoms with Gasteiger partial charge in [0.15, 0.2) is 6.10 Å². The molecule has 168 valence electrons. The van der Waals surface area contributed by atoms with E-state index in [9.17, 15) is 19.2 Å². The fourth-order valence-electron chi connectivity index (χ4n) is 4.49. The molecule has 3 rings (SSSR count). The van der Waals surface area contributed by atoms with Crippen LogP contribution in [-0.2, 0) is 19.1 Å². The summed E-state index contributed by atoms with van der Waals surface area (Å²) in [5.41, 5.74) is 5.99. The lowest BCUT2D eigenvalue weighted by molar-refractivity contribution is -0.157. The number of nitrogens with two attached hydrogens (primary N) is 1. The number of likely N-dealkylation sites (tertiary alicyclic amines) is 1. The molecule has 0 radical (unpaired) electrons. The summed E-state index contributed by atoms with van der Waals surface area (Å²) in [4.78, 5) is 50.5. The Morgan fingerprint density at radius 3 is 2.48 bits per heavy atom. The molecule has 0 spiro atoms. The van der Waals surface area contributed by atoms with Crippen molar-refractivity contribution in [2.24, 2.45) is 23.5 Å². The predicted octanol–water partition coefficient (Wildman–Crippen LogP) is 2.33. The fourth-order valence-corrected chi connectivity index (χ4v) is 4.49. The summed E-state index contributed by atoms with van der Waals surface area (Å²) in [5.74, 6) is -1.19. The molecule has 5 atom stereocenters. The van der Waals surface area contributed by atoms with E-state index >= 15 is 0 Å². The lowest BCUT2D eigenvalue weighted by Crippen LogP contribution is -2.45. The van der Waals surface area contributed by atoms with Crippen LogP contribution in [0.5, 0.6) is 0 Å². The zero-order valence-corrected chi connectivity index (χ0v) is 18.3. The van der Waals surface area contributed by atoms with Crippen molar-refractivity contribution >= 4 is 29.4 Å². The van der Waals surface area contributed by atoms with E-state index in [2.05, 4.69) is 19.2 Å². The third-order valence-corrected chi connectivity index (χ3v) is 6.66. The van der Waals surface area contributed by atoms with Crippen LogP contribution < -0.4 is 11.1 Å². The smallest absolute Gasteiger partial charge is 0.312 e. The molecular weight excluding hydrogens is 398 g/mol. The Balaban J connectivity index is 1.54. The average Bonchev–Trinajstić information content (AvgIpc) is 3.12. The maximum absolute atomic E-state index is 12.6. The van der Waals surface area contributed by atoms with E-state index in [-0.39, 0.29) is 18.4 Å². The molecule has 3 N–H and O–H groups in total. The Morgan fingerprint density at radius 1 is 1.16 bits per heavy atom. The molecule has 1 heterocycles. The molecule has 2 fully saturated rings. The van der Waals surface area contributed by atoms with Crippen LogP contribution >= 0.6 is 0 Å². The number of primary amides is 1. The molecule has 31 heavy (non-hydrogen) atoms. The number of ether oxygens (including phenoxy) is 1. The van der Waals surface area contributed by atoms with Crippen LogP contribution in [0.1, 0.15) is 56.8 Å². The van der Waals surface area contributed by atoms with E-state index in [1.54, 1.807) is 12.1 Å². The molecule has 0 unspecified atom stereocenters. The molecule has 0 bridgehead atoms. The van der Waals surface area contributed by atoms with Crippen LogP contribution in [0.15, 0.2) is 24.3 Å². The van der Waals surface area contributed by atoms with Crippen molar-refractivity contribution in [1.82, 2.24) is 4.90 Å². The van der Waals surface area contributed by atoms with Crippen molar-refractivity contribution in [3.63, 3.8) is 0 Å². The second kappa shape index (κ2) is 9.49. The van der Waals surface area contributed by atoms with Crippen LogP contribution in [-0.4, -0.2) is 47.3 Å². The Kier molecular flexibility index (Phi) is 6.97. The quantitative estimate of drug-likeness (QED) is 0.673. The van der Waals surface area contributed by atoms with Crippen LogP contribution in [0.2, 0.25) is 0 Å². The number of hydrogen-bond acceptors (Lipinski definition) is 5. The average molecular weight is 430 g/mol. The topological polar surface area (TPSA) is 119 Å². The minimum Gasteiger partial charge on any atom is -0.452 e. The van der Waals surface area contributed by atoms with Gasteiger partial charge < -0.3 is 20.7 Å². The highest BCUT2D eigenvalue weighted by molar-refractivity contribution is 5.97. The molecule has 1 aliphatic carbocycles. The van der Waals surface area contributed by atoms with Gasteiger partial charge in [-0.25, -0.2) is 0 Å². The third-order valence-electron chi connectivity index (χ3n) is 6.66. The Morgan fingerprint density at radius 2 is 1.84 bits per heavy atom. The van der Waals surface area contributed by atoms with Gasteiger partial charge in [0, 0.05) is 30.3 Å². The highest BCUT2D eigenvalue weighted by atomic mass is 16.5. The highest BCUT2D eigenvalue weighted by Crippen LogP contribution is 2.36. The van der Waals surface area contributed by atoms with Gasteiger partial charge in [-0.2, -0.15) is 0 Å². The molecule has 1 aromatic rings. The molecule has 2 aliphatic rings. The highest BCUT2D eigenvalue weighted by Gasteiger charge is 2.42. The summed E-state index contributed by atoms with van der Waals surface area (Å²) in [6.45, 7) is 6.23. The summed E-state index contributed by atoms with van der Waals surface area (Å²) in [6.07, 6.45) is 2.34. The number of benzene rings is 1. The normalized spacial score (nSPS) is 26.9. The van der Waals surface area contributed by atoms with E-state index in [1.165, 1.54) is 25.5 Å². The molecule has 3 amide bonds. The Bertz CT molecular complexity index is 853. The molecule has 8 heteroatoms. The van der Waals surface area contributed by atoms with Crippen LogP contribution in [0.25, 0.3) is 0 Å². The van der Waals surface area contributed by atoms with Gasteiger partial charge >= 0.3 is 5.97 Å². The maximum atomic E-state index is 12.6. The largest absolute Gasteiger partial charge is 0.452 e. The monoisotopic (exact) mass is 429 g/mol. The molecule has 1 aliphatic heterocycles. The number of esters is 1. The second-order valence-corrected chi connectivity index (χ2v) is 8.79. The van der Waals surface area contributed by atoms with Gasteiger partial charge in [0.2, 0.25) is 11.8 Å². The lowest BCUT2D eigenvalue weighted by atomic mass is 9.77. The van der Waals surface area contributed by atoms with Gasteiger partial charge in [0.1, 0.15) is 0 Å². The molecular formula is C23H31N3O5. The molecule has 0 aromatic heterocycles. The first kappa shape index (κ1) is 22.8. The zero-order chi connectivity index (χ0) is 22.7. The van der Waals surface area contributed by atoms with E-state index in [0.717, 1.165) is 12.8 Å². The van der Waals surface area contributed by atoms with Crippen LogP contribution in [0.4, 0.5) is 5.69 Å². The van der Waals surface area contributed by atoms with Gasteiger partial charge in [-0.05, 0) is 49.4 Å². The number of rotatable bonds is 6. The fraction of sp³-hybridized carbons (Fsp3) is 0.565. The van der Waals surface area contributed by atoms with Crippen molar-refractivity contribution in [2.75, 3.05) is 11.9 Å². The molecule has 1 saturated carbocycles. The number of nitrogens with zero attached hydrogens (tertiary/aromatic N) is 1. The first-order valence-corrected chi connectivity index (χ1v) is 10.9. The first-order valence-electron chi connectivity index (χ1n) is 10.9. The second-order valence-electron chi connectivity index (χ2n) is 8.79. The van der Waals surface area contributed by atoms with Crippen molar-refractivity contribution < 1.29 is 23.9 Å². The Hall–Kier alpha value is -2.90. The lowest BCUT2D eigenvalue weighted by Gasteiger charge is -2.39. The SMILES string of the molecule is C[C@H]1[C@H](N2C[C@H](C(=O)O[C@@H](C)C(=O)Nc3ccc(C(N)=O)cc3)CC2=O)CCC[C@@H]1C. The summed E-state index contributed by atoms with van der Waals surface area (Å²) in [5, 5.41) is 2.64. The van der Waals surface area contributed by atoms with E-state index in [0.29, 0.717) is 29.6 Å². The number of amides is 3. The number of hydrogen-bond donors (Lipinski definition) is 2. The van der Waals surface area contributed by atoms with E-state index < -0.39 is 29.8 Å². The maximum Gasteiger partial charge on any atom is 0.312 e. The van der Waals surface area contributed by atoms with Gasteiger partial charge in [-0.1, -0.05) is 26.7 Å². The van der Waals surface area contributed by atoms with Crippen molar-refractivity contribution in [3.8, 4) is 0 Å². The van der Waals surface area contributed by atoms with Gasteiger partial charge in [-0.15, -0.1) is 0 Å². The van der Waals surface area contributed by atoms with Gasteiger partial charge in [0.05, 0.1) is 5.92 Å². The number of anilines is 1. The molecule has 1 aromatic carbocycles. The van der Waals surface area contributed by atoms with E-state index in [1.807, 2.05) is 4.90 Å². The standard InChI is InChI=1S/C23H31N3O5/c1-13-5-4-6-19(14(13)2)26-12-17(11-20(26)27)23(30)31-15(3)22(29)25-18-9-7-16(8-10-18)21(24)28/h7-10,13-15,17,19H,4-6,11-12H2,1-3H3,(H2,24,28)(H,25,29)/t13-,14+,15-,17+,19+/m0/s1. The molecule has 8 nitrogen and oxygen atoms in total. The third kappa shape index (κ3) is 5.24. The van der Waals surface area contributed by atoms with Gasteiger partial charge in [0.25, 0.3) is 5.91 Å². The van der Waals surface area contributed by atoms with Gasteiger partial charge in [-0.3, -0.25) is 19.2 Å². The predicted molar refractivity (Wildman–Crippen MR) is 115 cm³/mol. The number of nitrogens with one attached hydrogen (secondary N) is 1. The minimum atomic E-state index is -1.01. The minimum absolute atomic E-state index is 0.0143. The summed E-state index contributed by atoms with van der Waals surface area (Å²) in [7, 11) is 0. The van der Waals surface area contributed by atoms with Crippen molar-refractivity contribution in [1.29, 1.82) is 0 Å². The number of carbonyl (C=O) groups is 4.